The molecule has 0 aliphatic carbocycles. The monoisotopic (exact) mass is 497 g/mol. The van der Waals surface area contributed by atoms with Crippen molar-refractivity contribution in [1.29, 1.82) is 0 Å². The normalized spacial score (nSPS) is 14.7. The minimum absolute atomic E-state index is 0.0275. The van der Waals surface area contributed by atoms with Crippen molar-refractivity contribution in [1.82, 2.24) is 24.7 Å². The van der Waals surface area contributed by atoms with E-state index in [4.69, 9.17) is 15.2 Å². The molecule has 3 aromatic rings. The van der Waals surface area contributed by atoms with Crippen molar-refractivity contribution in [3.05, 3.63) is 30.6 Å². The molecule has 2 aromatic heterocycles. The molecule has 0 bridgehead atoms. The fourth-order valence-electron chi connectivity index (χ4n) is 4.20. The number of rotatable bonds is 10. The van der Waals surface area contributed by atoms with E-state index in [1.165, 1.54) is 11.0 Å². The summed E-state index contributed by atoms with van der Waals surface area (Å²) in [6.45, 7) is 7.37. The standard InChI is InChI=1S/C24H35N9O3/c1-16(2)11-18(14-34)31(3)21-13-22(27-15-26-21)33-23(25)29-24(30-33)28-19-6-5-17(12-20(19)35-4)32-7-9-36-10-8-32/h5-6,12-13,15-16,18,34H,7-11,14H2,1-4H3,(H3,25,28,29,30). The van der Waals surface area contributed by atoms with E-state index in [9.17, 15) is 5.11 Å². The molecule has 1 aromatic carbocycles. The van der Waals surface area contributed by atoms with Gasteiger partial charge in [-0.1, -0.05) is 13.8 Å². The van der Waals surface area contributed by atoms with Crippen LogP contribution in [0.1, 0.15) is 20.3 Å². The van der Waals surface area contributed by atoms with Gasteiger partial charge in [0.25, 0.3) is 0 Å². The second-order valence-electron chi connectivity index (χ2n) is 9.13. The SMILES string of the molecule is COc1cc(N2CCOCC2)ccc1Nc1nc(N)n(-c2cc(N(C)C(CO)CC(C)C)ncn2)n1. The Kier molecular flexibility index (Phi) is 8.06. The first-order valence-corrected chi connectivity index (χ1v) is 12.1. The van der Waals surface area contributed by atoms with E-state index in [-0.39, 0.29) is 18.6 Å². The van der Waals surface area contributed by atoms with Gasteiger partial charge in [-0.05, 0) is 24.5 Å². The van der Waals surface area contributed by atoms with Crippen LogP contribution in [0.2, 0.25) is 0 Å². The van der Waals surface area contributed by atoms with Crippen LogP contribution in [0, 0.1) is 5.92 Å². The van der Waals surface area contributed by atoms with Gasteiger partial charge in [-0.25, -0.2) is 9.97 Å². The summed E-state index contributed by atoms with van der Waals surface area (Å²) in [6.07, 6.45) is 2.28. The number of hydrogen-bond acceptors (Lipinski definition) is 11. The molecule has 12 nitrogen and oxygen atoms in total. The van der Waals surface area contributed by atoms with Crippen LogP contribution >= 0.6 is 0 Å². The molecule has 1 unspecified atom stereocenters. The van der Waals surface area contributed by atoms with Crippen LogP contribution in [0.25, 0.3) is 5.82 Å². The summed E-state index contributed by atoms with van der Waals surface area (Å²) in [7, 11) is 3.53. The summed E-state index contributed by atoms with van der Waals surface area (Å²) < 4.78 is 12.5. The number of nitrogens with one attached hydrogen (secondary N) is 1. The average molecular weight is 498 g/mol. The average Bonchev–Trinajstić information content (AvgIpc) is 3.27. The molecule has 1 fully saturated rings. The van der Waals surface area contributed by atoms with Crippen LogP contribution in [0.3, 0.4) is 0 Å². The van der Waals surface area contributed by atoms with Crippen LogP contribution in [0.4, 0.5) is 29.1 Å². The second kappa shape index (κ2) is 11.4. The zero-order valence-electron chi connectivity index (χ0n) is 21.3. The molecule has 1 aliphatic heterocycles. The van der Waals surface area contributed by atoms with Gasteiger partial charge in [-0.2, -0.15) is 9.67 Å². The first-order valence-electron chi connectivity index (χ1n) is 12.1. The van der Waals surface area contributed by atoms with Crippen molar-refractivity contribution >= 4 is 29.1 Å². The number of aliphatic hydroxyl groups excluding tert-OH is 1. The molecule has 1 aliphatic rings. The molecule has 1 saturated heterocycles. The molecular formula is C24H35N9O3. The predicted molar refractivity (Wildman–Crippen MR) is 139 cm³/mol. The van der Waals surface area contributed by atoms with E-state index in [0.717, 1.165) is 25.2 Å². The zero-order valence-corrected chi connectivity index (χ0v) is 21.3. The Morgan fingerprint density at radius 2 is 2.00 bits per heavy atom. The fourth-order valence-corrected chi connectivity index (χ4v) is 4.20. The number of nitrogens with zero attached hydrogens (tertiary/aromatic N) is 7. The van der Waals surface area contributed by atoms with Gasteiger partial charge in [0.05, 0.1) is 38.7 Å². The number of aromatic nitrogens is 5. The van der Waals surface area contributed by atoms with Gasteiger partial charge in [0.2, 0.25) is 11.9 Å². The number of hydrogen-bond donors (Lipinski definition) is 3. The smallest absolute Gasteiger partial charge is 0.249 e. The van der Waals surface area contributed by atoms with Gasteiger partial charge in [0, 0.05) is 38.0 Å². The number of benzene rings is 1. The van der Waals surface area contributed by atoms with E-state index >= 15 is 0 Å². The molecule has 4 rings (SSSR count). The molecule has 0 radical (unpaired) electrons. The van der Waals surface area contributed by atoms with Crippen molar-refractivity contribution in [3.63, 3.8) is 0 Å². The highest BCUT2D eigenvalue weighted by Gasteiger charge is 2.19. The summed E-state index contributed by atoms with van der Waals surface area (Å²) in [5.41, 5.74) is 7.96. The van der Waals surface area contributed by atoms with E-state index in [0.29, 0.717) is 48.2 Å². The fraction of sp³-hybridized carbons (Fsp3) is 0.500. The first kappa shape index (κ1) is 25.5. The number of anilines is 5. The Morgan fingerprint density at radius 3 is 2.69 bits per heavy atom. The third kappa shape index (κ3) is 5.77. The number of nitrogens with two attached hydrogens (primary N) is 1. The van der Waals surface area contributed by atoms with Crippen molar-refractivity contribution in [2.45, 2.75) is 26.3 Å². The highest BCUT2D eigenvalue weighted by Crippen LogP contribution is 2.32. The number of ether oxygens (including phenoxy) is 2. The number of aliphatic hydroxyl groups is 1. The Hall–Kier alpha value is -3.64. The van der Waals surface area contributed by atoms with Gasteiger partial charge < -0.3 is 35.4 Å². The van der Waals surface area contributed by atoms with E-state index < -0.39 is 0 Å². The van der Waals surface area contributed by atoms with Crippen molar-refractivity contribution in [2.24, 2.45) is 5.92 Å². The van der Waals surface area contributed by atoms with Gasteiger partial charge in [0.1, 0.15) is 17.9 Å². The van der Waals surface area contributed by atoms with E-state index in [1.54, 1.807) is 13.2 Å². The minimum Gasteiger partial charge on any atom is -0.494 e. The van der Waals surface area contributed by atoms with Gasteiger partial charge in [-0.15, -0.1) is 5.10 Å². The van der Waals surface area contributed by atoms with Crippen LogP contribution in [0.5, 0.6) is 5.75 Å². The van der Waals surface area contributed by atoms with Crippen LogP contribution < -0.4 is 25.6 Å². The third-order valence-corrected chi connectivity index (χ3v) is 6.16. The topological polar surface area (TPSA) is 140 Å². The van der Waals surface area contributed by atoms with Gasteiger partial charge >= 0.3 is 0 Å². The molecule has 1 atom stereocenters. The minimum atomic E-state index is -0.0639. The van der Waals surface area contributed by atoms with Gasteiger partial charge in [0.15, 0.2) is 5.82 Å². The molecular weight excluding hydrogens is 462 g/mol. The lowest BCUT2D eigenvalue weighted by Gasteiger charge is -2.29. The maximum absolute atomic E-state index is 9.86. The number of methoxy groups -OCH3 is 1. The molecule has 4 N–H and O–H groups in total. The first-order chi connectivity index (χ1) is 17.4. The Morgan fingerprint density at radius 1 is 1.22 bits per heavy atom. The summed E-state index contributed by atoms with van der Waals surface area (Å²) >= 11 is 0. The van der Waals surface area contributed by atoms with Crippen molar-refractivity contribution < 1.29 is 14.6 Å². The van der Waals surface area contributed by atoms with Crippen LogP contribution in [-0.4, -0.2) is 82.9 Å². The molecule has 0 amide bonds. The number of likely N-dealkylation sites (N-methyl/N-ethyl adjacent to an activating group) is 1. The summed E-state index contributed by atoms with van der Waals surface area (Å²) in [4.78, 5) is 17.3. The maximum atomic E-state index is 9.86. The van der Waals surface area contributed by atoms with Crippen molar-refractivity contribution in [3.8, 4) is 11.6 Å². The quantitative estimate of drug-likeness (QED) is 0.379. The van der Waals surface area contributed by atoms with Crippen LogP contribution in [-0.2, 0) is 4.74 Å². The maximum Gasteiger partial charge on any atom is 0.249 e. The Bertz CT molecular complexity index is 1150. The lowest BCUT2D eigenvalue weighted by molar-refractivity contribution is 0.122. The Labute approximate surface area is 211 Å². The highest BCUT2D eigenvalue weighted by atomic mass is 16.5. The van der Waals surface area contributed by atoms with Crippen molar-refractivity contribution in [2.75, 3.05) is 67.9 Å². The molecule has 12 heteroatoms. The predicted octanol–water partition coefficient (Wildman–Crippen LogP) is 2.07. The molecule has 194 valence electrons. The molecule has 3 heterocycles. The van der Waals surface area contributed by atoms with Gasteiger partial charge in [-0.3, -0.25) is 0 Å². The van der Waals surface area contributed by atoms with Crippen LogP contribution in [0.15, 0.2) is 30.6 Å². The third-order valence-electron chi connectivity index (χ3n) is 6.16. The molecule has 36 heavy (non-hydrogen) atoms. The molecule has 0 saturated carbocycles. The highest BCUT2D eigenvalue weighted by molar-refractivity contribution is 5.68. The summed E-state index contributed by atoms with van der Waals surface area (Å²) in [5, 5.41) is 17.6. The summed E-state index contributed by atoms with van der Waals surface area (Å²) in [6, 6.07) is 7.65. The number of morpholine rings is 1. The van der Waals surface area contributed by atoms with E-state index in [1.807, 2.05) is 30.1 Å². The number of nitrogen functional groups attached to an aromatic ring is 1. The van der Waals surface area contributed by atoms with E-state index in [2.05, 4.69) is 44.1 Å². The lowest BCUT2D eigenvalue weighted by atomic mass is 10.0. The zero-order chi connectivity index (χ0) is 25.7. The summed E-state index contributed by atoms with van der Waals surface area (Å²) in [5.74, 6) is 2.72. The lowest BCUT2D eigenvalue weighted by Crippen LogP contribution is -2.36. The second-order valence-corrected chi connectivity index (χ2v) is 9.13. The largest absolute Gasteiger partial charge is 0.494 e. The Balaban J connectivity index is 1.54. The molecule has 0 spiro atoms.